The highest BCUT2D eigenvalue weighted by molar-refractivity contribution is 7.93. The highest BCUT2D eigenvalue weighted by atomic mass is 35.5. The number of carbonyl (C=O) groups is 1. The topological polar surface area (TPSA) is 112 Å². The van der Waals surface area contributed by atoms with Gasteiger partial charge in [0.2, 0.25) is 0 Å². The molecular formula is C24H21ClN4O4S2. The van der Waals surface area contributed by atoms with Gasteiger partial charge in [-0.2, -0.15) is 0 Å². The van der Waals surface area contributed by atoms with E-state index < -0.39 is 15.6 Å². The van der Waals surface area contributed by atoms with Crippen LogP contribution in [-0.2, 0) is 15.6 Å². The van der Waals surface area contributed by atoms with Crippen LogP contribution in [0.15, 0.2) is 71.6 Å². The number of fused-ring (bicyclic) bond motifs is 1. The molecule has 2 heterocycles. The lowest BCUT2D eigenvalue weighted by atomic mass is 9.84. The zero-order valence-corrected chi connectivity index (χ0v) is 20.8. The van der Waals surface area contributed by atoms with Gasteiger partial charge in [0.1, 0.15) is 10.4 Å². The van der Waals surface area contributed by atoms with Crippen molar-refractivity contribution in [3.05, 3.63) is 82.9 Å². The molecule has 1 saturated heterocycles. The average Bonchev–Trinajstić information content (AvgIpc) is 3.33. The summed E-state index contributed by atoms with van der Waals surface area (Å²) in [5.74, 6) is -0.182. The number of nitrogens with zero attached hydrogens (tertiary/aromatic N) is 3. The number of rotatable bonds is 5. The normalized spacial score (nSPS) is 15.8. The van der Waals surface area contributed by atoms with Crippen molar-refractivity contribution < 1.29 is 18.3 Å². The molecule has 5 rings (SSSR count). The van der Waals surface area contributed by atoms with E-state index in [1.165, 1.54) is 6.07 Å². The molecule has 1 amide bonds. The van der Waals surface area contributed by atoms with E-state index in [4.69, 9.17) is 11.6 Å². The minimum Gasteiger partial charge on any atom is -0.385 e. The maximum Gasteiger partial charge on any atom is 0.264 e. The van der Waals surface area contributed by atoms with Crippen molar-refractivity contribution in [1.82, 2.24) is 14.5 Å². The van der Waals surface area contributed by atoms with Gasteiger partial charge in [0.25, 0.3) is 15.9 Å². The van der Waals surface area contributed by atoms with Crippen LogP contribution in [0.4, 0.5) is 5.69 Å². The molecule has 0 unspecified atom stereocenters. The SMILES string of the molecule is O=C(c1ccc(NS(=O)(=O)c2cccc3snnc23)cc1)N1CCC(O)(c2ccccc2Cl)CC1. The highest BCUT2D eigenvalue weighted by Gasteiger charge is 2.37. The summed E-state index contributed by atoms with van der Waals surface area (Å²) in [6.45, 7) is 0.751. The zero-order valence-electron chi connectivity index (χ0n) is 18.4. The van der Waals surface area contributed by atoms with E-state index in [1.54, 1.807) is 47.4 Å². The lowest BCUT2D eigenvalue weighted by molar-refractivity contribution is -0.0210. The molecule has 1 aliphatic rings. The number of nitrogens with one attached hydrogen (secondary N) is 1. The van der Waals surface area contributed by atoms with Gasteiger partial charge in [0.15, 0.2) is 0 Å². The van der Waals surface area contributed by atoms with Gasteiger partial charge in [0.05, 0.1) is 10.3 Å². The molecule has 1 aromatic heterocycles. The molecule has 35 heavy (non-hydrogen) atoms. The second-order valence-corrected chi connectivity index (χ2v) is 11.2. The first-order chi connectivity index (χ1) is 16.8. The number of aliphatic hydroxyl groups is 1. The second kappa shape index (κ2) is 9.19. The summed E-state index contributed by atoms with van der Waals surface area (Å²) in [7, 11) is -3.89. The summed E-state index contributed by atoms with van der Waals surface area (Å²) >= 11 is 7.39. The van der Waals surface area contributed by atoms with Crippen molar-refractivity contribution in [2.24, 2.45) is 0 Å². The van der Waals surface area contributed by atoms with Gasteiger partial charge in [-0.25, -0.2) is 8.42 Å². The lowest BCUT2D eigenvalue weighted by Crippen LogP contribution is -2.45. The molecule has 180 valence electrons. The van der Waals surface area contributed by atoms with Crippen molar-refractivity contribution in [1.29, 1.82) is 0 Å². The van der Waals surface area contributed by atoms with E-state index in [1.807, 2.05) is 18.2 Å². The first-order valence-corrected chi connectivity index (χ1v) is 13.5. The van der Waals surface area contributed by atoms with Crippen LogP contribution in [0.1, 0.15) is 28.8 Å². The van der Waals surface area contributed by atoms with Crippen molar-refractivity contribution in [2.45, 2.75) is 23.3 Å². The summed E-state index contributed by atoms with van der Waals surface area (Å²) in [5, 5.41) is 15.5. The van der Waals surface area contributed by atoms with Gasteiger partial charge < -0.3 is 10.0 Å². The van der Waals surface area contributed by atoms with Crippen molar-refractivity contribution in [3.63, 3.8) is 0 Å². The first-order valence-electron chi connectivity index (χ1n) is 10.9. The van der Waals surface area contributed by atoms with Crippen LogP contribution in [-0.4, -0.2) is 47.0 Å². The molecular weight excluding hydrogens is 508 g/mol. The third-order valence-electron chi connectivity index (χ3n) is 6.17. The summed E-state index contributed by atoms with van der Waals surface area (Å²) in [4.78, 5) is 14.7. The lowest BCUT2D eigenvalue weighted by Gasteiger charge is -2.39. The third-order valence-corrected chi connectivity index (χ3v) is 8.60. The fourth-order valence-corrected chi connectivity index (χ4v) is 6.44. The fourth-order valence-electron chi connectivity index (χ4n) is 4.26. The summed E-state index contributed by atoms with van der Waals surface area (Å²) in [5.41, 5.74) is 0.677. The molecule has 0 spiro atoms. The van der Waals surface area contributed by atoms with Crippen LogP contribution in [0.25, 0.3) is 10.2 Å². The van der Waals surface area contributed by atoms with Crippen LogP contribution in [0.3, 0.4) is 0 Å². The number of anilines is 1. The van der Waals surface area contributed by atoms with Gasteiger partial charge in [-0.15, -0.1) is 5.10 Å². The number of aromatic nitrogens is 2. The molecule has 0 bridgehead atoms. The summed E-state index contributed by atoms with van der Waals surface area (Å²) in [6, 6.07) is 18.3. The molecule has 2 N–H and O–H groups in total. The van der Waals surface area contributed by atoms with Crippen LogP contribution < -0.4 is 4.72 Å². The molecule has 1 fully saturated rings. The Labute approximate surface area is 211 Å². The zero-order chi connectivity index (χ0) is 24.6. The molecule has 0 saturated carbocycles. The molecule has 8 nitrogen and oxygen atoms in total. The smallest absolute Gasteiger partial charge is 0.264 e. The van der Waals surface area contributed by atoms with Crippen LogP contribution >= 0.6 is 23.1 Å². The number of benzene rings is 3. The Kier molecular flexibility index (Phi) is 6.22. The van der Waals surface area contributed by atoms with Crippen molar-refractivity contribution in [2.75, 3.05) is 17.8 Å². The van der Waals surface area contributed by atoms with Crippen molar-refractivity contribution >= 4 is 55.0 Å². The minimum atomic E-state index is -3.89. The van der Waals surface area contributed by atoms with E-state index in [-0.39, 0.29) is 10.8 Å². The Hall–Kier alpha value is -3.05. The Morgan fingerprint density at radius 2 is 1.74 bits per heavy atom. The number of likely N-dealkylation sites (tertiary alicyclic amines) is 1. The monoisotopic (exact) mass is 528 g/mol. The molecule has 11 heteroatoms. The van der Waals surface area contributed by atoms with Crippen LogP contribution in [0.2, 0.25) is 5.02 Å². The van der Waals surface area contributed by atoms with Crippen LogP contribution in [0.5, 0.6) is 0 Å². The maximum absolute atomic E-state index is 13.0. The Balaban J connectivity index is 1.27. The second-order valence-electron chi connectivity index (χ2n) is 8.36. The average molecular weight is 529 g/mol. The number of hydrogen-bond donors (Lipinski definition) is 2. The number of hydrogen-bond acceptors (Lipinski definition) is 7. The molecule has 0 radical (unpaired) electrons. The van der Waals surface area contributed by atoms with E-state index in [2.05, 4.69) is 14.3 Å². The molecule has 0 atom stereocenters. The Morgan fingerprint density at radius 3 is 2.46 bits per heavy atom. The van der Waals surface area contributed by atoms with E-state index in [0.29, 0.717) is 58.0 Å². The van der Waals surface area contributed by atoms with E-state index in [9.17, 15) is 18.3 Å². The van der Waals surface area contributed by atoms with Gasteiger partial charge in [-0.3, -0.25) is 9.52 Å². The van der Waals surface area contributed by atoms with Gasteiger partial charge >= 0.3 is 0 Å². The number of halogens is 1. The summed E-state index contributed by atoms with van der Waals surface area (Å²) in [6.07, 6.45) is 0.745. The van der Waals surface area contributed by atoms with E-state index in [0.717, 1.165) is 11.5 Å². The fraction of sp³-hybridized carbons (Fsp3) is 0.208. The predicted octanol–water partition coefficient (Wildman–Crippen LogP) is 4.27. The molecule has 3 aromatic carbocycles. The molecule has 1 aliphatic heterocycles. The molecule has 0 aliphatic carbocycles. The maximum atomic E-state index is 13.0. The predicted molar refractivity (Wildman–Crippen MR) is 135 cm³/mol. The van der Waals surface area contributed by atoms with Gasteiger partial charge in [-0.05, 0) is 66.8 Å². The standard InChI is InChI=1S/C24H21ClN4O4S2/c25-19-5-2-1-4-18(19)24(31)12-14-29(15-13-24)23(30)16-8-10-17(11-9-16)27-35(32,33)21-7-3-6-20-22(21)26-28-34-20/h1-11,27,31H,12-15H2. The van der Waals surface area contributed by atoms with Crippen LogP contribution in [0, 0.1) is 0 Å². The Bertz CT molecular complexity index is 1500. The largest absolute Gasteiger partial charge is 0.385 e. The highest BCUT2D eigenvalue weighted by Crippen LogP contribution is 2.37. The number of sulfonamides is 1. The van der Waals surface area contributed by atoms with Gasteiger partial charge in [0, 0.05) is 34.9 Å². The number of piperidine rings is 1. The summed E-state index contributed by atoms with van der Waals surface area (Å²) < 4.78 is 32.8. The quantitative estimate of drug-likeness (QED) is 0.400. The minimum absolute atomic E-state index is 0.0447. The van der Waals surface area contributed by atoms with E-state index >= 15 is 0 Å². The number of carbonyl (C=O) groups excluding carboxylic acids is 1. The third kappa shape index (κ3) is 4.62. The first kappa shape index (κ1) is 23.7. The Morgan fingerprint density at radius 1 is 1.03 bits per heavy atom. The molecule has 4 aromatic rings. The van der Waals surface area contributed by atoms with Crippen molar-refractivity contribution in [3.8, 4) is 0 Å². The van der Waals surface area contributed by atoms with Gasteiger partial charge in [-0.1, -0.05) is 40.4 Å². The number of amides is 1.